The summed E-state index contributed by atoms with van der Waals surface area (Å²) in [6, 6.07) is 0. The van der Waals surface area contributed by atoms with Crippen LogP contribution >= 0.6 is 0 Å². The third-order valence-electron chi connectivity index (χ3n) is 3.89. The van der Waals surface area contributed by atoms with Crippen LogP contribution in [0.1, 0.15) is 33.1 Å². The van der Waals surface area contributed by atoms with E-state index in [-0.39, 0.29) is 24.9 Å². The highest BCUT2D eigenvalue weighted by molar-refractivity contribution is 4.82. The van der Waals surface area contributed by atoms with Crippen molar-refractivity contribution >= 4 is 0 Å². The second kappa shape index (κ2) is 5.57. The second-order valence-electron chi connectivity index (χ2n) is 5.41. The van der Waals surface area contributed by atoms with Crippen LogP contribution in [-0.4, -0.2) is 42.4 Å². The van der Waals surface area contributed by atoms with Gasteiger partial charge in [-0.2, -0.15) is 13.2 Å². The molecule has 0 radical (unpaired) electrons. The molecule has 0 aromatic rings. The van der Waals surface area contributed by atoms with Crippen LogP contribution in [0.25, 0.3) is 0 Å². The van der Waals surface area contributed by atoms with E-state index in [2.05, 4.69) is 0 Å². The highest BCUT2D eigenvalue weighted by Crippen LogP contribution is 2.35. The van der Waals surface area contributed by atoms with Gasteiger partial charge in [-0.1, -0.05) is 13.8 Å². The molecule has 1 aliphatic rings. The first-order valence-corrected chi connectivity index (χ1v) is 6.20. The van der Waals surface area contributed by atoms with Gasteiger partial charge in [-0.25, -0.2) is 0 Å². The van der Waals surface area contributed by atoms with Crippen molar-refractivity contribution in [1.82, 2.24) is 4.90 Å². The molecule has 1 rings (SSSR count). The molecule has 0 amide bonds. The quantitative estimate of drug-likeness (QED) is 0.832. The van der Waals surface area contributed by atoms with Crippen LogP contribution in [0.4, 0.5) is 13.2 Å². The Morgan fingerprint density at radius 3 is 2.12 bits per heavy atom. The van der Waals surface area contributed by atoms with Crippen LogP contribution in [0, 0.1) is 11.3 Å². The molecule has 0 bridgehead atoms. The molecule has 1 N–H and O–H groups in total. The number of rotatable bonds is 4. The third-order valence-corrected chi connectivity index (χ3v) is 3.89. The van der Waals surface area contributed by atoms with Crippen molar-refractivity contribution in [2.75, 3.05) is 26.2 Å². The Hall–Kier alpha value is -0.290. The predicted octanol–water partition coefficient (Wildman–Crippen LogP) is 2.67. The number of hydrogen-bond donors (Lipinski definition) is 1. The van der Waals surface area contributed by atoms with Gasteiger partial charge >= 0.3 is 6.18 Å². The standard InChI is InChI=1S/C12H22F3NO/c1-3-11(2,9-17)8-16-6-4-10(5-7-16)12(13,14)15/h10,17H,3-9H2,1-2H3. The zero-order valence-electron chi connectivity index (χ0n) is 10.6. The highest BCUT2D eigenvalue weighted by Gasteiger charge is 2.41. The summed E-state index contributed by atoms with van der Waals surface area (Å²) in [7, 11) is 0. The summed E-state index contributed by atoms with van der Waals surface area (Å²) in [5.74, 6) is -1.14. The van der Waals surface area contributed by atoms with Crippen molar-refractivity contribution in [3.05, 3.63) is 0 Å². The Morgan fingerprint density at radius 2 is 1.76 bits per heavy atom. The lowest BCUT2D eigenvalue weighted by Gasteiger charge is -2.38. The van der Waals surface area contributed by atoms with Gasteiger partial charge in [0, 0.05) is 18.6 Å². The van der Waals surface area contributed by atoms with E-state index in [9.17, 15) is 18.3 Å². The van der Waals surface area contributed by atoms with Gasteiger partial charge in [-0.05, 0) is 32.4 Å². The minimum absolute atomic E-state index is 0.0860. The summed E-state index contributed by atoms with van der Waals surface area (Å²) in [5.41, 5.74) is -0.189. The first-order valence-electron chi connectivity index (χ1n) is 6.20. The normalized spacial score (nSPS) is 23.6. The first-order chi connectivity index (χ1) is 7.80. The molecule has 0 aliphatic carbocycles. The van der Waals surface area contributed by atoms with E-state index < -0.39 is 12.1 Å². The predicted molar refractivity (Wildman–Crippen MR) is 60.7 cm³/mol. The molecule has 0 spiro atoms. The minimum Gasteiger partial charge on any atom is -0.396 e. The van der Waals surface area contributed by atoms with Gasteiger partial charge in [-0.15, -0.1) is 0 Å². The maximum absolute atomic E-state index is 12.5. The van der Waals surface area contributed by atoms with E-state index in [1.807, 2.05) is 18.7 Å². The largest absolute Gasteiger partial charge is 0.396 e. The number of piperidine rings is 1. The van der Waals surface area contributed by atoms with E-state index in [0.717, 1.165) is 6.42 Å². The van der Waals surface area contributed by atoms with Gasteiger partial charge in [0.25, 0.3) is 0 Å². The molecule has 1 saturated heterocycles. The average molecular weight is 253 g/mol. The molecule has 1 fully saturated rings. The Morgan fingerprint density at radius 1 is 1.24 bits per heavy atom. The number of alkyl halides is 3. The fourth-order valence-corrected chi connectivity index (χ4v) is 2.23. The lowest BCUT2D eigenvalue weighted by atomic mass is 9.86. The molecule has 1 aliphatic heterocycles. The lowest BCUT2D eigenvalue weighted by molar-refractivity contribution is -0.185. The molecule has 1 heterocycles. The number of hydrogen-bond acceptors (Lipinski definition) is 2. The van der Waals surface area contributed by atoms with Gasteiger partial charge in [-0.3, -0.25) is 0 Å². The third kappa shape index (κ3) is 4.14. The molecular weight excluding hydrogens is 231 g/mol. The van der Waals surface area contributed by atoms with E-state index in [1.54, 1.807) is 0 Å². The number of aliphatic hydroxyl groups is 1. The van der Waals surface area contributed by atoms with Crippen molar-refractivity contribution < 1.29 is 18.3 Å². The number of likely N-dealkylation sites (tertiary alicyclic amines) is 1. The second-order valence-corrected chi connectivity index (χ2v) is 5.41. The van der Waals surface area contributed by atoms with E-state index in [0.29, 0.717) is 19.6 Å². The molecule has 0 saturated carbocycles. The lowest BCUT2D eigenvalue weighted by Crippen LogP contribution is -2.44. The van der Waals surface area contributed by atoms with Crippen LogP contribution in [0.15, 0.2) is 0 Å². The number of nitrogens with zero attached hydrogens (tertiary/aromatic N) is 1. The van der Waals surface area contributed by atoms with Crippen molar-refractivity contribution in [1.29, 1.82) is 0 Å². The molecule has 5 heteroatoms. The summed E-state index contributed by atoms with van der Waals surface area (Å²) in [6.07, 6.45) is -2.83. The Bertz CT molecular complexity index is 230. The van der Waals surface area contributed by atoms with Crippen LogP contribution < -0.4 is 0 Å². The topological polar surface area (TPSA) is 23.5 Å². The Balaban J connectivity index is 2.42. The molecule has 102 valence electrons. The summed E-state index contributed by atoms with van der Waals surface area (Å²) in [4.78, 5) is 2.04. The molecule has 17 heavy (non-hydrogen) atoms. The smallest absolute Gasteiger partial charge is 0.391 e. The van der Waals surface area contributed by atoms with Crippen molar-refractivity contribution in [2.24, 2.45) is 11.3 Å². The number of halogens is 3. The zero-order chi connectivity index (χ0) is 13.1. The SMILES string of the molecule is CCC(C)(CO)CN1CCC(C(F)(F)F)CC1. The fraction of sp³-hybridized carbons (Fsp3) is 1.00. The Kier molecular flexibility index (Phi) is 4.84. The first kappa shape index (κ1) is 14.8. The summed E-state index contributed by atoms with van der Waals surface area (Å²) < 4.78 is 37.4. The van der Waals surface area contributed by atoms with Crippen molar-refractivity contribution in [3.8, 4) is 0 Å². The van der Waals surface area contributed by atoms with Gasteiger partial charge in [0.15, 0.2) is 0 Å². The van der Waals surface area contributed by atoms with E-state index >= 15 is 0 Å². The highest BCUT2D eigenvalue weighted by atomic mass is 19.4. The van der Waals surface area contributed by atoms with Gasteiger partial charge in [0.2, 0.25) is 0 Å². The Labute approximate surface area is 101 Å². The summed E-state index contributed by atoms with van der Waals surface area (Å²) >= 11 is 0. The molecule has 0 aromatic carbocycles. The van der Waals surface area contributed by atoms with Gasteiger partial charge in [0.05, 0.1) is 5.92 Å². The van der Waals surface area contributed by atoms with Crippen LogP contribution in [0.2, 0.25) is 0 Å². The van der Waals surface area contributed by atoms with Crippen molar-refractivity contribution in [3.63, 3.8) is 0 Å². The van der Waals surface area contributed by atoms with Crippen LogP contribution in [0.3, 0.4) is 0 Å². The molecule has 1 unspecified atom stereocenters. The number of aliphatic hydroxyl groups excluding tert-OH is 1. The van der Waals surface area contributed by atoms with E-state index in [1.165, 1.54) is 0 Å². The summed E-state index contributed by atoms with van der Waals surface area (Å²) in [5, 5.41) is 9.29. The van der Waals surface area contributed by atoms with Gasteiger partial charge < -0.3 is 10.0 Å². The fourth-order valence-electron chi connectivity index (χ4n) is 2.23. The average Bonchev–Trinajstić information content (AvgIpc) is 2.28. The maximum Gasteiger partial charge on any atom is 0.391 e. The minimum atomic E-state index is -4.04. The van der Waals surface area contributed by atoms with Crippen LogP contribution in [-0.2, 0) is 0 Å². The van der Waals surface area contributed by atoms with Crippen LogP contribution in [0.5, 0.6) is 0 Å². The van der Waals surface area contributed by atoms with Gasteiger partial charge in [0.1, 0.15) is 0 Å². The molecule has 0 aromatic heterocycles. The maximum atomic E-state index is 12.5. The zero-order valence-corrected chi connectivity index (χ0v) is 10.6. The molecular formula is C12H22F3NO. The molecule has 1 atom stereocenters. The molecule has 2 nitrogen and oxygen atoms in total. The van der Waals surface area contributed by atoms with Crippen molar-refractivity contribution in [2.45, 2.75) is 39.3 Å². The monoisotopic (exact) mass is 253 g/mol. The summed E-state index contributed by atoms with van der Waals surface area (Å²) in [6.45, 7) is 5.72. The van der Waals surface area contributed by atoms with E-state index in [4.69, 9.17) is 0 Å².